The molecule has 0 aliphatic rings. The van der Waals surface area contributed by atoms with Crippen LogP contribution in [0.4, 0.5) is 5.00 Å². The van der Waals surface area contributed by atoms with Crippen LogP contribution in [0.15, 0.2) is 24.3 Å². The summed E-state index contributed by atoms with van der Waals surface area (Å²) < 4.78 is 0. The first-order valence-corrected chi connectivity index (χ1v) is 6.65. The summed E-state index contributed by atoms with van der Waals surface area (Å²) in [5.41, 5.74) is 1.44. The van der Waals surface area contributed by atoms with Gasteiger partial charge in [-0.05, 0) is 37.6 Å². The van der Waals surface area contributed by atoms with Crippen LogP contribution in [0.2, 0.25) is 0 Å². The number of amides is 1. The lowest BCUT2D eigenvalue weighted by molar-refractivity contribution is 0.0701. The highest BCUT2D eigenvalue weighted by molar-refractivity contribution is 7.18. The number of hydrogen-bond donors (Lipinski definition) is 3. The molecule has 0 bridgehead atoms. The van der Waals surface area contributed by atoms with Crippen molar-refractivity contribution in [1.82, 2.24) is 0 Å². The van der Waals surface area contributed by atoms with E-state index in [0.717, 1.165) is 11.3 Å². The first kappa shape index (κ1) is 14.1. The van der Waals surface area contributed by atoms with Crippen molar-refractivity contribution in [3.05, 3.63) is 45.8 Å². The number of benzene rings is 1. The average Bonchev–Trinajstić information content (AvgIpc) is 2.73. The van der Waals surface area contributed by atoms with Gasteiger partial charge >= 0.3 is 5.97 Å². The van der Waals surface area contributed by atoms with Crippen molar-refractivity contribution in [2.45, 2.75) is 13.8 Å². The van der Waals surface area contributed by atoms with Crippen molar-refractivity contribution in [3.8, 4) is 5.75 Å². The Labute approximate surface area is 119 Å². The van der Waals surface area contributed by atoms with E-state index >= 15 is 0 Å². The first-order valence-electron chi connectivity index (χ1n) is 5.84. The monoisotopic (exact) mass is 291 g/mol. The average molecular weight is 291 g/mol. The molecule has 0 saturated carbocycles. The van der Waals surface area contributed by atoms with Crippen molar-refractivity contribution < 1.29 is 19.8 Å². The Bertz CT molecular complexity index is 690. The van der Waals surface area contributed by atoms with Crippen LogP contribution in [-0.4, -0.2) is 22.1 Å². The van der Waals surface area contributed by atoms with E-state index in [1.807, 2.05) is 0 Å². The highest BCUT2D eigenvalue weighted by Crippen LogP contribution is 2.28. The van der Waals surface area contributed by atoms with Gasteiger partial charge in [0, 0.05) is 11.1 Å². The Morgan fingerprint density at radius 2 is 1.95 bits per heavy atom. The lowest BCUT2D eigenvalue weighted by Gasteiger charge is -2.07. The standard InChI is InChI=1S/C14H13NO4S/c1-7-6-11(20-12(7)14(18)19)15-13(17)9-4-3-5-10(16)8(9)2/h3-6,16H,1-2H3,(H,15,17)(H,18,19). The summed E-state index contributed by atoms with van der Waals surface area (Å²) in [5.74, 6) is -1.34. The fourth-order valence-electron chi connectivity index (χ4n) is 1.80. The number of phenolic OH excluding ortho intramolecular Hbond substituents is 1. The third-order valence-corrected chi connectivity index (χ3v) is 4.04. The third-order valence-electron chi connectivity index (χ3n) is 2.90. The van der Waals surface area contributed by atoms with Gasteiger partial charge in [0.15, 0.2) is 0 Å². The quantitative estimate of drug-likeness (QED) is 0.811. The lowest BCUT2D eigenvalue weighted by atomic mass is 10.1. The van der Waals surface area contributed by atoms with Crippen LogP contribution in [0.5, 0.6) is 5.75 Å². The van der Waals surface area contributed by atoms with Gasteiger partial charge in [0.05, 0.1) is 5.00 Å². The van der Waals surface area contributed by atoms with Gasteiger partial charge in [0.2, 0.25) is 0 Å². The van der Waals surface area contributed by atoms with Crippen LogP contribution < -0.4 is 5.32 Å². The molecule has 0 fully saturated rings. The van der Waals surface area contributed by atoms with Gasteiger partial charge < -0.3 is 15.5 Å². The molecule has 0 atom stereocenters. The summed E-state index contributed by atoms with van der Waals surface area (Å²) in [7, 11) is 0. The van der Waals surface area contributed by atoms with Crippen molar-refractivity contribution >= 4 is 28.2 Å². The second-order valence-electron chi connectivity index (χ2n) is 4.33. The number of thiophene rings is 1. The van der Waals surface area contributed by atoms with E-state index in [0.29, 0.717) is 21.7 Å². The summed E-state index contributed by atoms with van der Waals surface area (Å²) in [6, 6.07) is 6.30. The minimum absolute atomic E-state index is 0.0474. The number of rotatable bonds is 3. The molecule has 6 heteroatoms. The van der Waals surface area contributed by atoms with Crippen molar-refractivity contribution in [2.75, 3.05) is 5.32 Å². The van der Waals surface area contributed by atoms with Crippen LogP contribution in [0.25, 0.3) is 0 Å². The smallest absolute Gasteiger partial charge is 0.346 e. The number of phenols is 1. The molecule has 0 radical (unpaired) electrons. The number of aryl methyl sites for hydroxylation is 1. The molecule has 0 spiro atoms. The number of nitrogens with one attached hydrogen (secondary N) is 1. The minimum atomic E-state index is -1.01. The fourth-order valence-corrected chi connectivity index (χ4v) is 2.71. The summed E-state index contributed by atoms with van der Waals surface area (Å²) >= 11 is 1.01. The number of anilines is 1. The predicted octanol–water partition coefficient (Wildman–Crippen LogP) is 3.02. The maximum Gasteiger partial charge on any atom is 0.346 e. The van der Waals surface area contributed by atoms with E-state index in [1.54, 1.807) is 32.0 Å². The number of aromatic hydroxyl groups is 1. The first-order chi connectivity index (χ1) is 9.40. The normalized spacial score (nSPS) is 10.3. The number of hydrogen-bond acceptors (Lipinski definition) is 4. The molecule has 2 aromatic rings. The van der Waals surface area contributed by atoms with Crippen LogP contribution >= 0.6 is 11.3 Å². The number of aromatic carboxylic acids is 1. The molecule has 1 aromatic heterocycles. The van der Waals surface area contributed by atoms with Crippen LogP contribution in [0.3, 0.4) is 0 Å². The minimum Gasteiger partial charge on any atom is -0.508 e. The summed E-state index contributed by atoms with van der Waals surface area (Å²) in [6.45, 7) is 3.32. The van der Waals surface area contributed by atoms with Crippen molar-refractivity contribution in [3.63, 3.8) is 0 Å². The number of carbonyl (C=O) groups is 2. The number of carbonyl (C=O) groups excluding carboxylic acids is 1. The molecule has 1 aromatic carbocycles. The summed E-state index contributed by atoms with van der Waals surface area (Å²) in [6.07, 6.45) is 0. The lowest BCUT2D eigenvalue weighted by Crippen LogP contribution is -2.12. The highest BCUT2D eigenvalue weighted by atomic mass is 32.1. The van der Waals surface area contributed by atoms with Gasteiger partial charge in [0.25, 0.3) is 5.91 Å². The van der Waals surface area contributed by atoms with E-state index in [-0.39, 0.29) is 16.5 Å². The Balaban J connectivity index is 2.26. The maximum absolute atomic E-state index is 12.1. The molecule has 104 valence electrons. The van der Waals surface area contributed by atoms with Gasteiger partial charge in [0.1, 0.15) is 10.6 Å². The Morgan fingerprint density at radius 1 is 1.25 bits per heavy atom. The number of carboxylic acids is 1. The summed E-state index contributed by atoms with van der Waals surface area (Å²) in [4.78, 5) is 23.3. The molecule has 1 amide bonds. The molecule has 0 aliphatic carbocycles. The predicted molar refractivity (Wildman–Crippen MR) is 76.8 cm³/mol. The highest BCUT2D eigenvalue weighted by Gasteiger charge is 2.16. The van der Waals surface area contributed by atoms with Crippen LogP contribution in [0.1, 0.15) is 31.2 Å². The molecule has 0 aliphatic heterocycles. The maximum atomic E-state index is 12.1. The zero-order chi connectivity index (χ0) is 14.9. The third kappa shape index (κ3) is 2.65. The van der Waals surface area contributed by atoms with Crippen LogP contribution in [0, 0.1) is 13.8 Å². The van der Waals surface area contributed by atoms with E-state index in [4.69, 9.17) is 5.11 Å². The van der Waals surface area contributed by atoms with Gasteiger partial charge in [-0.3, -0.25) is 4.79 Å². The van der Waals surface area contributed by atoms with Crippen molar-refractivity contribution in [2.24, 2.45) is 0 Å². The number of carboxylic acid groups (broad SMARTS) is 1. The van der Waals surface area contributed by atoms with E-state index < -0.39 is 5.97 Å². The SMILES string of the molecule is Cc1cc(NC(=O)c2cccc(O)c2C)sc1C(=O)O. The van der Waals surface area contributed by atoms with E-state index in [1.165, 1.54) is 6.07 Å². The van der Waals surface area contributed by atoms with Gasteiger partial charge in [-0.15, -0.1) is 11.3 Å². The van der Waals surface area contributed by atoms with Gasteiger partial charge in [-0.25, -0.2) is 4.79 Å². The molecule has 5 nitrogen and oxygen atoms in total. The largest absolute Gasteiger partial charge is 0.508 e. The molecule has 0 saturated heterocycles. The Hall–Kier alpha value is -2.34. The molecular formula is C14H13NO4S. The van der Waals surface area contributed by atoms with Crippen LogP contribution in [-0.2, 0) is 0 Å². The Kier molecular flexibility index (Phi) is 3.76. The second kappa shape index (κ2) is 5.34. The summed E-state index contributed by atoms with van der Waals surface area (Å²) in [5, 5.41) is 21.7. The van der Waals surface area contributed by atoms with E-state index in [9.17, 15) is 14.7 Å². The molecule has 2 rings (SSSR count). The van der Waals surface area contributed by atoms with Gasteiger partial charge in [-0.2, -0.15) is 0 Å². The molecule has 1 heterocycles. The second-order valence-corrected chi connectivity index (χ2v) is 5.38. The zero-order valence-electron chi connectivity index (χ0n) is 10.9. The van der Waals surface area contributed by atoms with Crippen molar-refractivity contribution in [1.29, 1.82) is 0 Å². The van der Waals surface area contributed by atoms with Gasteiger partial charge in [-0.1, -0.05) is 6.07 Å². The van der Waals surface area contributed by atoms with E-state index in [2.05, 4.69) is 5.32 Å². The Morgan fingerprint density at radius 3 is 2.55 bits per heavy atom. The molecule has 20 heavy (non-hydrogen) atoms. The fraction of sp³-hybridized carbons (Fsp3) is 0.143. The topological polar surface area (TPSA) is 86.6 Å². The molecular weight excluding hydrogens is 278 g/mol. The zero-order valence-corrected chi connectivity index (χ0v) is 11.7. The molecule has 0 unspecified atom stereocenters. The molecule has 3 N–H and O–H groups in total.